The van der Waals surface area contributed by atoms with Gasteiger partial charge in [0.25, 0.3) is 5.91 Å². The SMILES string of the molecule is CO[B]NCc1ccc(NC(=O)c2cc(Cl)c(OCCN)c(Cl)c2)cc1. The zero-order chi connectivity index (χ0) is 18.9. The van der Waals surface area contributed by atoms with Gasteiger partial charge in [-0.1, -0.05) is 35.3 Å². The van der Waals surface area contributed by atoms with Crippen molar-refractivity contribution in [2.24, 2.45) is 5.73 Å². The summed E-state index contributed by atoms with van der Waals surface area (Å²) in [4.78, 5) is 12.4. The van der Waals surface area contributed by atoms with Gasteiger partial charge in [0.05, 0.1) is 10.0 Å². The standard InChI is InChI=1S/C17H19BCl2N3O3/c1-25-18-22-10-11-2-4-13(5-3-11)23-17(24)12-8-14(19)16(15(20)9-12)26-7-6-21/h2-5,8-9,22H,6-7,10,21H2,1H3,(H,23,24). The molecule has 2 aromatic carbocycles. The Morgan fingerprint density at radius 2 is 1.85 bits per heavy atom. The van der Waals surface area contributed by atoms with Crippen molar-refractivity contribution in [1.82, 2.24) is 5.23 Å². The predicted molar refractivity (Wildman–Crippen MR) is 105 cm³/mol. The average Bonchev–Trinajstić information content (AvgIpc) is 2.62. The third-order valence-electron chi connectivity index (χ3n) is 3.34. The van der Waals surface area contributed by atoms with Crippen LogP contribution in [0.25, 0.3) is 0 Å². The lowest BCUT2D eigenvalue weighted by atomic mass is 10.1. The fourth-order valence-electron chi connectivity index (χ4n) is 2.14. The molecular formula is C17H19BCl2N3O3. The summed E-state index contributed by atoms with van der Waals surface area (Å²) in [6.07, 6.45) is 0. The first kappa shape index (κ1) is 20.5. The molecule has 0 aromatic heterocycles. The monoisotopic (exact) mass is 394 g/mol. The fraction of sp³-hybridized carbons (Fsp3) is 0.235. The number of carbonyl (C=O) groups is 1. The Bertz CT molecular complexity index is 722. The molecule has 0 aliphatic rings. The van der Waals surface area contributed by atoms with Crippen LogP contribution in [0, 0.1) is 0 Å². The number of hydrogen-bond donors (Lipinski definition) is 3. The van der Waals surface area contributed by atoms with Crippen LogP contribution >= 0.6 is 23.2 Å². The highest BCUT2D eigenvalue weighted by Gasteiger charge is 2.14. The normalized spacial score (nSPS) is 10.5. The zero-order valence-corrected chi connectivity index (χ0v) is 15.7. The van der Waals surface area contributed by atoms with Gasteiger partial charge >= 0.3 is 7.62 Å². The van der Waals surface area contributed by atoms with Crippen molar-refractivity contribution in [3.8, 4) is 5.75 Å². The first-order valence-electron chi connectivity index (χ1n) is 7.85. The van der Waals surface area contributed by atoms with Crippen LogP contribution in [-0.4, -0.2) is 33.8 Å². The quantitative estimate of drug-likeness (QED) is 0.449. The molecular weight excluding hydrogens is 376 g/mol. The number of rotatable bonds is 9. The van der Waals surface area contributed by atoms with Crippen LogP contribution in [0.1, 0.15) is 15.9 Å². The van der Waals surface area contributed by atoms with Gasteiger partial charge in [-0.2, -0.15) is 0 Å². The van der Waals surface area contributed by atoms with Crippen LogP contribution < -0.4 is 21.0 Å². The number of benzene rings is 2. The van der Waals surface area contributed by atoms with E-state index in [1.165, 1.54) is 19.7 Å². The summed E-state index contributed by atoms with van der Waals surface area (Å²) in [6.45, 7) is 1.25. The van der Waals surface area contributed by atoms with Gasteiger partial charge in [0.2, 0.25) is 0 Å². The minimum absolute atomic E-state index is 0.256. The van der Waals surface area contributed by atoms with E-state index in [2.05, 4.69) is 10.5 Å². The summed E-state index contributed by atoms with van der Waals surface area (Å²) in [6, 6.07) is 10.4. The van der Waals surface area contributed by atoms with Gasteiger partial charge in [-0.05, 0) is 29.8 Å². The number of amides is 1. The molecule has 1 amide bonds. The van der Waals surface area contributed by atoms with Gasteiger partial charge in [-0.15, -0.1) is 0 Å². The van der Waals surface area contributed by atoms with Crippen molar-refractivity contribution in [2.75, 3.05) is 25.6 Å². The van der Waals surface area contributed by atoms with E-state index in [1.54, 1.807) is 7.11 Å². The highest BCUT2D eigenvalue weighted by Crippen LogP contribution is 2.34. The third-order valence-corrected chi connectivity index (χ3v) is 3.91. The van der Waals surface area contributed by atoms with E-state index in [9.17, 15) is 4.79 Å². The smallest absolute Gasteiger partial charge is 0.395 e. The van der Waals surface area contributed by atoms with Gasteiger partial charge in [0.15, 0.2) is 5.75 Å². The molecule has 137 valence electrons. The Kier molecular flexibility index (Phi) is 8.22. The maximum atomic E-state index is 12.4. The van der Waals surface area contributed by atoms with Gasteiger partial charge in [0.1, 0.15) is 6.61 Å². The molecule has 4 N–H and O–H groups in total. The molecule has 0 saturated carbocycles. The molecule has 9 heteroatoms. The van der Waals surface area contributed by atoms with Crippen LogP contribution in [0.3, 0.4) is 0 Å². The van der Waals surface area contributed by atoms with E-state index in [0.717, 1.165) is 5.56 Å². The highest BCUT2D eigenvalue weighted by atomic mass is 35.5. The van der Waals surface area contributed by atoms with E-state index in [4.69, 9.17) is 38.3 Å². The summed E-state index contributed by atoms with van der Waals surface area (Å²) in [5, 5.41) is 6.30. The molecule has 0 spiro atoms. The van der Waals surface area contributed by atoms with Crippen molar-refractivity contribution >= 4 is 42.4 Å². The maximum absolute atomic E-state index is 12.4. The minimum Gasteiger partial charge on any atom is -0.489 e. The molecule has 2 rings (SSSR count). The van der Waals surface area contributed by atoms with Crippen molar-refractivity contribution < 1.29 is 14.2 Å². The Hall–Kier alpha value is -1.77. The van der Waals surface area contributed by atoms with Gasteiger partial charge in [0, 0.05) is 31.5 Å². The van der Waals surface area contributed by atoms with Gasteiger partial charge < -0.3 is 25.7 Å². The number of anilines is 1. The van der Waals surface area contributed by atoms with Crippen LogP contribution in [0.2, 0.25) is 10.0 Å². The van der Waals surface area contributed by atoms with Crippen LogP contribution in [-0.2, 0) is 11.2 Å². The number of ether oxygens (including phenoxy) is 1. The Balaban J connectivity index is 2.03. The lowest BCUT2D eigenvalue weighted by Crippen LogP contribution is -2.20. The molecule has 0 bridgehead atoms. The fourth-order valence-corrected chi connectivity index (χ4v) is 2.74. The number of hydrogen-bond acceptors (Lipinski definition) is 5. The third kappa shape index (κ3) is 5.90. The molecule has 0 atom stereocenters. The van der Waals surface area contributed by atoms with Crippen LogP contribution in [0.15, 0.2) is 36.4 Å². The summed E-state index contributed by atoms with van der Waals surface area (Å²) in [5.74, 6) is -0.00202. The first-order chi connectivity index (χ1) is 12.5. The molecule has 2 aromatic rings. The molecule has 0 aliphatic carbocycles. The number of carbonyl (C=O) groups excluding carboxylic acids is 1. The average molecular weight is 395 g/mol. The van der Waals surface area contributed by atoms with Crippen LogP contribution in [0.5, 0.6) is 5.75 Å². The number of nitrogens with one attached hydrogen (secondary N) is 2. The molecule has 6 nitrogen and oxygen atoms in total. The van der Waals surface area contributed by atoms with Crippen molar-refractivity contribution in [1.29, 1.82) is 0 Å². The summed E-state index contributed by atoms with van der Waals surface area (Å²) in [5.41, 5.74) is 7.43. The second kappa shape index (κ2) is 10.4. The van der Waals surface area contributed by atoms with E-state index in [-0.39, 0.29) is 22.6 Å². The molecule has 0 heterocycles. The van der Waals surface area contributed by atoms with Crippen molar-refractivity contribution in [3.63, 3.8) is 0 Å². The van der Waals surface area contributed by atoms with Gasteiger partial charge in [-0.25, -0.2) is 0 Å². The molecule has 26 heavy (non-hydrogen) atoms. The summed E-state index contributed by atoms with van der Waals surface area (Å²) < 4.78 is 10.2. The topological polar surface area (TPSA) is 85.6 Å². The van der Waals surface area contributed by atoms with E-state index in [0.29, 0.717) is 30.1 Å². The molecule has 0 fully saturated rings. The Morgan fingerprint density at radius 3 is 2.42 bits per heavy atom. The number of nitrogens with two attached hydrogens (primary N) is 1. The largest absolute Gasteiger partial charge is 0.489 e. The lowest BCUT2D eigenvalue weighted by molar-refractivity contribution is 0.102. The van der Waals surface area contributed by atoms with E-state index < -0.39 is 0 Å². The maximum Gasteiger partial charge on any atom is 0.395 e. The van der Waals surface area contributed by atoms with E-state index in [1.807, 2.05) is 24.3 Å². The van der Waals surface area contributed by atoms with E-state index >= 15 is 0 Å². The zero-order valence-electron chi connectivity index (χ0n) is 14.2. The molecule has 1 radical (unpaired) electrons. The second-order valence-electron chi connectivity index (χ2n) is 5.29. The highest BCUT2D eigenvalue weighted by molar-refractivity contribution is 6.37. The van der Waals surface area contributed by atoms with Crippen LogP contribution in [0.4, 0.5) is 5.69 Å². The predicted octanol–water partition coefficient (Wildman–Crippen LogP) is 2.85. The molecule has 0 aliphatic heterocycles. The summed E-state index contributed by atoms with van der Waals surface area (Å²) >= 11 is 12.3. The summed E-state index contributed by atoms with van der Waals surface area (Å²) in [7, 11) is 3.07. The van der Waals surface area contributed by atoms with Crippen molar-refractivity contribution in [2.45, 2.75) is 6.54 Å². The Morgan fingerprint density at radius 1 is 1.19 bits per heavy atom. The minimum atomic E-state index is -0.322. The molecule has 0 saturated heterocycles. The first-order valence-corrected chi connectivity index (χ1v) is 8.60. The Labute approximate surface area is 163 Å². The second-order valence-corrected chi connectivity index (χ2v) is 6.11. The molecule has 0 unspecified atom stereocenters. The van der Waals surface area contributed by atoms with Crippen molar-refractivity contribution in [3.05, 3.63) is 57.6 Å². The van der Waals surface area contributed by atoms with Gasteiger partial charge in [-0.3, -0.25) is 4.79 Å². The number of halogens is 2. The lowest BCUT2D eigenvalue weighted by Gasteiger charge is -2.12.